The SMILES string of the molecule is CCc1ccc(NS(=O)(=O)c2ccc(Cl)cc2Cl)cc1F. The molecule has 0 aliphatic heterocycles. The maximum Gasteiger partial charge on any atom is 0.263 e. The lowest BCUT2D eigenvalue weighted by atomic mass is 10.1. The molecule has 2 aromatic carbocycles. The van der Waals surface area contributed by atoms with Crippen molar-refractivity contribution in [1.82, 2.24) is 0 Å². The Hall–Kier alpha value is -1.30. The minimum Gasteiger partial charge on any atom is -0.279 e. The van der Waals surface area contributed by atoms with Gasteiger partial charge >= 0.3 is 0 Å². The van der Waals surface area contributed by atoms with Crippen LogP contribution in [0.25, 0.3) is 0 Å². The molecule has 0 heterocycles. The van der Waals surface area contributed by atoms with Crippen LogP contribution in [0.1, 0.15) is 12.5 Å². The van der Waals surface area contributed by atoms with Crippen molar-refractivity contribution in [1.29, 1.82) is 0 Å². The second-order valence-electron chi connectivity index (χ2n) is 4.34. The summed E-state index contributed by atoms with van der Waals surface area (Å²) in [6.07, 6.45) is 0.530. The van der Waals surface area contributed by atoms with Gasteiger partial charge < -0.3 is 0 Å². The maximum atomic E-state index is 13.7. The van der Waals surface area contributed by atoms with Crippen molar-refractivity contribution < 1.29 is 12.8 Å². The Labute approximate surface area is 132 Å². The van der Waals surface area contributed by atoms with Gasteiger partial charge in [0.2, 0.25) is 0 Å². The summed E-state index contributed by atoms with van der Waals surface area (Å²) >= 11 is 11.6. The molecule has 0 fully saturated rings. The van der Waals surface area contributed by atoms with Crippen LogP contribution in [0.3, 0.4) is 0 Å². The molecule has 2 rings (SSSR count). The molecular weight excluding hydrogens is 336 g/mol. The monoisotopic (exact) mass is 347 g/mol. The van der Waals surface area contributed by atoms with Crippen LogP contribution in [-0.4, -0.2) is 8.42 Å². The highest BCUT2D eigenvalue weighted by Gasteiger charge is 2.18. The minimum atomic E-state index is -3.90. The first-order valence-electron chi connectivity index (χ1n) is 6.10. The average Bonchev–Trinajstić information content (AvgIpc) is 2.37. The predicted molar refractivity (Wildman–Crippen MR) is 83.0 cm³/mol. The molecule has 0 aromatic heterocycles. The number of nitrogens with one attached hydrogen (secondary N) is 1. The smallest absolute Gasteiger partial charge is 0.263 e. The normalized spacial score (nSPS) is 11.4. The Morgan fingerprint density at radius 1 is 1.14 bits per heavy atom. The standard InChI is InChI=1S/C14H12Cl2FNO2S/c1-2-9-3-5-11(8-13(9)17)18-21(19,20)14-6-4-10(15)7-12(14)16/h3-8,18H,2H2,1H3. The number of anilines is 1. The van der Waals surface area contributed by atoms with Gasteiger partial charge in [0.25, 0.3) is 10.0 Å². The zero-order chi connectivity index (χ0) is 15.6. The van der Waals surface area contributed by atoms with Gasteiger partial charge in [0, 0.05) is 5.02 Å². The van der Waals surface area contributed by atoms with Crippen molar-refractivity contribution in [2.75, 3.05) is 4.72 Å². The lowest BCUT2D eigenvalue weighted by Crippen LogP contribution is -2.13. The Morgan fingerprint density at radius 2 is 1.86 bits per heavy atom. The van der Waals surface area contributed by atoms with E-state index in [0.29, 0.717) is 17.0 Å². The molecule has 0 radical (unpaired) electrons. The highest BCUT2D eigenvalue weighted by molar-refractivity contribution is 7.92. The fourth-order valence-corrected chi connectivity index (χ4v) is 3.62. The van der Waals surface area contributed by atoms with E-state index in [1.807, 2.05) is 6.92 Å². The largest absolute Gasteiger partial charge is 0.279 e. The van der Waals surface area contributed by atoms with Gasteiger partial charge in [0.05, 0.1) is 10.7 Å². The number of benzene rings is 2. The first-order valence-corrected chi connectivity index (χ1v) is 8.33. The van der Waals surface area contributed by atoms with E-state index in [9.17, 15) is 12.8 Å². The number of hydrogen-bond donors (Lipinski definition) is 1. The van der Waals surface area contributed by atoms with Gasteiger partial charge in [-0.05, 0) is 42.3 Å². The maximum absolute atomic E-state index is 13.7. The number of halogens is 3. The Balaban J connectivity index is 2.35. The van der Waals surface area contributed by atoms with E-state index in [-0.39, 0.29) is 15.6 Å². The van der Waals surface area contributed by atoms with Gasteiger partial charge in [-0.3, -0.25) is 4.72 Å². The number of hydrogen-bond acceptors (Lipinski definition) is 2. The molecule has 112 valence electrons. The molecule has 21 heavy (non-hydrogen) atoms. The molecule has 1 N–H and O–H groups in total. The third kappa shape index (κ3) is 3.67. The van der Waals surface area contributed by atoms with Gasteiger partial charge in [-0.1, -0.05) is 36.2 Å². The van der Waals surface area contributed by atoms with Crippen LogP contribution in [0.5, 0.6) is 0 Å². The molecule has 7 heteroatoms. The summed E-state index contributed by atoms with van der Waals surface area (Å²) in [6, 6.07) is 8.23. The van der Waals surface area contributed by atoms with E-state index in [0.717, 1.165) is 6.07 Å². The second-order valence-corrected chi connectivity index (χ2v) is 6.83. The molecule has 0 unspecified atom stereocenters. The van der Waals surface area contributed by atoms with Crippen LogP contribution >= 0.6 is 23.2 Å². The molecule has 0 atom stereocenters. The van der Waals surface area contributed by atoms with E-state index in [1.54, 1.807) is 0 Å². The lowest BCUT2D eigenvalue weighted by molar-refractivity contribution is 0.601. The van der Waals surface area contributed by atoms with Crippen molar-refractivity contribution in [3.63, 3.8) is 0 Å². The summed E-state index contributed by atoms with van der Waals surface area (Å²) < 4.78 is 40.5. The van der Waals surface area contributed by atoms with Crippen molar-refractivity contribution >= 4 is 38.9 Å². The summed E-state index contributed by atoms with van der Waals surface area (Å²) in [5.74, 6) is -0.458. The number of sulfonamides is 1. The first kappa shape index (κ1) is 16.1. The van der Waals surface area contributed by atoms with Crippen LogP contribution in [0.2, 0.25) is 10.0 Å². The van der Waals surface area contributed by atoms with Crippen molar-refractivity contribution in [3.05, 3.63) is 57.8 Å². The molecule has 3 nitrogen and oxygen atoms in total. The molecule has 0 bridgehead atoms. The van der Waals surface area contributed by atoms with Gasteiger partial charge in [0.15, 0.2) is 0 Å². The third-order valence-electron chi connectivity index (χ3n) is 2.87. The quantitative estimate of drug-likeness (QED) is 0.885. The molecule has 0 aliphatic carbocycles. The summed E-state index contributed by atoms with van der Waals surface area (Å²) in [7, 11) is -3.90. The molecule has 2 aromatic rings. The van der Waals surface area contributed by atoms with Crippen LogP contribution in [0, 0.1) is 5.82 Å². The summed E-state index contributed by atoms with van der Waals surface area (Å²) in [5.41, 5.74) is 0.651. The van der Waals surface area contributed by atoms with Crippen molar-refractivity contribution in [2.45, 2.75) is 18.2 Å². The average molecular weight is 348 g/mol. The summed E-state index contributed by atoms with van der Waals surface area (Å²) in [5, 5.41) is 0.331. The predicted octanol–water partition coefficient (Wildman–Crippen LogP) is 4.50. The van der Waals surface area contributed by atoms with E-state index in [4.69, 9.17) is 23.2 Å². The molecule has 0 saturated heterocycles. The van der Waals surface area contributed by atoms with E-state index in [2.05, 4.69) is 4.72 Å². The second kappa shape index (κ2) is 6.22. The molecule has 0 spiro atoms. The lowest BCUT2D eigenvalue weighted by Gasteiger charge is -2.10. The Morgan fingerprint density at radius 3 is 2.43 bits per heavy atom. The topological polar surface area (TPSA) is 46.2 Å². The highest BCUT2D eigenvalue weighted by atomic mass is 35.5. The van der Waals surface area contributed by atoms with Crippen molar-refractivity contribution in [3.8, 4) is 0 Å². The van der Waals surface area contributed by atoms with E-state index >= 15 is 0 Å². The van der Waals surface area contributed by atoms with Crippen molar-refractivity contribution in [2.24, 2.45) is 0 Å². The Bertz CT molecular complexity index is 779. The zero-order valence-electron chi connectivity index (χ0n) is 11.0. The minimum absolute atomic E-state index is 0.000602. The van der Waals surface area contributed by atoms with Crippen LogP contribution in [-0.2, 0) is 16.4 Å². The van der Waals surface area contributed by atoms with E-state index < -0.39 is 15.8 Å². The van der Waals surface area contributed by atoms with Gasteiger partial charge in [0.1, 0.15) is 10.7 Å². The Kier molecular flexibility index (Phi) is 4.76. The zero-order valence-corrected chi connectivity index (χ0v) is 13.4. The first-order chi connectivity index (χ1) is 9.83. The van der Waals surface area contributed by atoms with Gasteiger partial charge in [-0.15, -0.1) is 0 Å². The molecule has 0 saturated carbocycles. The summed E-state index contributed by atoms with van der Waals surface area (Å²) in [4.78, 5) is -0.117. The number of rotatable bonds is 4. The molecule has 0 amide bonds. The molecule has 0 aliphatic rings. The third-order valence-corrected chi connectivity index (χ3v) is 4.97. The van der Waals surface area contributed by atoms with Crippen LogP contribution in [0.4, 0.5) is 10.1 Å². The van der Waals surface area contributed by atoms with Gasteiger partial charge in [-0.2, -0.15) is 0 Å². The molecular formula is C14H12Cl2FNO2S. The van der Waals surface area contributed by atoms with E-state index in [1.165, 1.54) is 30.3 Å². The van der Waals surface area contributed by atoms with Crippen LogP contribution < -0.4 is 4.72 Å². The highest BCUT2D eigenvalue weighted by Crippen LogP contribution is 2.27. The van der Waals surface area contributed by atoms with Crippen LogP contribution in [0.15, 0.2) is 41.3 Å². The fraction of sp³-hybridized carbons (Fsp3) is 0.143. The number of aryl methyl sites for hydroxylation is 1. The fourth-order valence-electron chi connectivity index (χ4n) is 1.80. The summed E-state index contributed by atoms with van der Waals surface area (Å²) in [6.45, 7) is 1.82. The van der Waals surface area contributed by atoms with Gasteiger partial charge in [-0.25, -0.2) is 12.8 Å².